The average molecular weight is 382 g/mol. The lowest BCUT2D eigenvalue weighted by molar-refractivity contribution is -0.0404. The zero-order chi connectivity index (χ0) is 19.6. The van der Waals surface area contributed by atoms with E-state index in [4.69, 9.17) is 9.47 Å². The summed E-state index contributed by atoms with van der Waals surface area (Å²) in [6.45, 7) is 5.35. The first-order valence-corrected chi connectivity index (χ1v) is 9.87. The molecule has 0 fully saturated rings. The van der Waals surface area contributed by atoms with Crippen LogP contribution in [0.1, 0.15) is 35.3 Å². The van der Waals surface area contributed by atoms with E-state index in [2.05, 4.69) is 5.10 Å². The molecule has 2 aromatic rings. The van der Waals surface area contributed by atoms with Gasteiger partial charge in [-0.3, -0.25) is 14.3 Å². The number of hydrogen-bond donors (Lipinski definition) is 1. The number of aromatic amines is 1. The summed E-state index contributed by atoms with van der Waals surface area (Å²) in [6.07, 6.45) is 1.68. The van der Waals surface area contributed by atoms with Gasteiger partial charge in [0.25, 0.3) is 5.56 Å². The standard InChI is InChI=1S/C17H22N2O6S/c1-6-19-17(21)13(9-18-19)15(20)12-7-8-14(26(5,22)23)16(10(12)2)25-11(3)24-4/h7-9,11,18H,6H2,1-5H3. The molecule has 0 saturated carbocycles. The van der Waals surface area contributed by atoms with Crippen LogP contribution in [0.3, 0.4) is 0 Å². The minimum absolute atomic E-state index is 0.0206. The van der Waals surface area contributed by atoms with Crippen molar-refractivity contribution in [2.24, 2.45) is 0 Å². The molecule has 0 aliphatic heterocycles. The number of nitrogens with zero attached hydrogens (tertiary/aromatic N) is 1. The highest BCUT2D eigenvalue weighted by Gasteiger charge is 2.25. The molecule has 8 nitrogen and oxygen atoms in total. The van der Waals surface area contributed by atoms with Crippen LogP contribution in [0, 0.1) is 6.92 Å². The maximum absolute atomic E-state index is 12.8. The fraction of sp³-hybridized carbons (Fsp3) is 0.412. The Morgan fingerprint density at radius 2 is 1.96 bits per heavy atom. The van der Waals surface area contributed by atoms with Gasteiger partial charge < -0.3 is 14.6 Å². The van der Waals surface area contributed by atoms with Crippen LogP contribution < -0.4 is 10.3 Å². The number of nitrogens with one attached hydrogen (secondary N) is 1. The van der Waals surface area contributed by atoms with E-state index in [0.717, 1.165) is 6.26 Å². The van der Waals surface area contributed by atoms with Gasteiger partial charge in [-0.2, -0.15) is 0 Å². The molecule has 0 radical (unpaired) electrons. The lowest BCUT2D eigenvalue weighted by atomic mass is 10.0. The predicted octanol–water partition coefficient (Wildman–Crippen LogP) is 1.51. The molecule has 0 aliphatic rings. The number of rotatable bonds is 7. The monoisotopic (exact) mass is 382 g/mol. The molecule has 1 atom stereocenters. The van der Waals surface area contributed by atoms with E-state index in [-0.39, 0.29) is 21.8 Å². The molecule has 1 aromatic heterocycles. The highest BCUT2D eigenvalue weighted by atomic mass is 32.2. The summed E-state index contributed by atoms with van der Waals surface area (Å²) in [5, 5.41) is 2.72. The van der Waals surface area contributed by atoms with Gasteiger partial charge >= 0.3 is 0 Å². The van der Waals surface area contributed by atoms with Crippen LogP contribution in [-0.2, 0) is 21.1 Å². The van der Waals surface area contributed by atoms with E-state index in [0.29, 0.717) is 12.1 Å². The van der Waals surface area contributed by atoms with Crippen LogP contribution in [0.4, 0.5) is 0 Å². The van der Waals surface area contributed by atoms with Crippen LogP contribution in [0.25, 0.3) is 0 Å². The molecule has 0 bridgehead atoms. The molecular formula is C17H22N2O6S. The molecular weight excluding hydrogens is 360 g/mol. The summed E-state index contributed by atoms with van der Waals surface area (Å²) in [4.78, 5) is 25.0. The number of ketones is 1. The van der Waals surface area contributed by atoms with Crippen LogP contribution in [-0.4, -0.2) is 43.6 Å². The van der Waals surface area contributed by atoms with Crippen molar-refractivity contribution in [1.29, 1.82) is 0 Å². The number of hydrogen-bond acceptors (Lipinski definition) is 6. The minimum Gasteiger partial charge on any atom is -0.464 e. The summed E-state index contributed by atoms with van der Waals surface area (Å²) in [5.74, 6) is -0.468. The van der Waals surface area contributed by atoms with Crippen LogP contribution in [0.5, 0.6) is 5.75 Å². The third-order valence-electron chi connectivity index (χ3n) is 4.03. The maximum Gasteiger partial charge on any atom is 0.277 e. The molecule has 9 heteroatoms. The number of H-pyrrole nitrogens is 1. The van der Waals surface area contributed by atoms with Crippen molar-refractivity contribution in [1.82, 2.24) is 9.78 Å². The minimum atomic E-state index is -3.59. The van der Waals surface area contributed by atoms with E-state index in [1.165, 1.54) is 30.1 Å². The first-order valence-electron chi connectivity index (χ1n) is 7.97. The van der Waals surface area contributed by atoms with Gasteiger partial charge in [0.15, 0.2) is 16.1 Å². The van der Waals surface area contributed by atoms with Crippen molar-refractivity contribution < 1.29 is 22.7 Å². The van der Waals surface area contributed by atoms with Crippen LogP contribution >= 0.6 is 0 Å². The Hall–Kier alpha value is -2.39. The Labute approximate surface area is 151 Å². The fourth-order valence-electron chi connectivity index (χ4n) is 2.52. The van der Waals surface area contributed by atoms with Gasteiger partial charge in [-0.15, -0.1) is 0 Å². The number of carbonyl (C=O) groups excluding carboxylic acids is 1. The lowest BCUT2D eigenvalue weighted by Crippen LogP contribution is -2.22. The Bertz CT molecular complexity index is 987. The van der Waals surface area contributed by atoms with Crippen LogP contribution in [0.2, 0.25) is 0 Å². The van der Waals surface area contributed by atoms with Gasteiger partial charge in [0, 0.05) is 37.2 Å². The van der Waals surface area contributed by atoms with Crippen molar-refractivity contribution in [3.05, 3.63) is 45.4 Å². The van der Waals surface area contributed by atoms with E-state index in [1.807, 2.05) is 0 Å². The van der Waals surface area contributed by atoms with Crippen molar-refractivity contribution >= 4 is 15.6 Å². The zero-order valence-corrected chi connectivity index (χ0v) is 16.1. The molecule has 0 saturated heterocycles. The Balaban J connectivity index is 2.63. The number of aromatic nitrogens is 2. The second-order valence-corrected chi connectivity index (χ2v) is 7.81. The van der Waals surface area contributed by atoms with Crippen molar-refractivity contribution in [3.63, 3.8) is 0 Å². The highest BCUT2D eigenvalue weighted by molar-refractivity contribution is 7.90. The highest BCUT2D eigenvalue weighted by Crippen LogP contribution is 2.32. The Morgan fingerprint density at radius 1 is 1.31 bits per heavy atom. The zero-order valence-electron chi connectivity index (χ0n) is 15.3. The number of methoxy groups -OCH3 is 1. The molecule has 2 rings (SSSR count). The quantitative estimate of drug-likeness (QED) is 0.574. The van der Waals surface area contributed by atoms with E-state index in [9.17, 15) is 18.0 Å². The number of aryl methyl sites for hydroxylation is 1. The first kappa shape index (κ1) is 19.9. The van der Waals surface area contributed by atoms with Crippen molar-refractivity contribution in [3.8, 4) is 5.75 Å². The van der Waals surface area contributed by atoms with Gasteiger partial charge in [0.2, 0.25) is 5.78 Å². The molecule has 1 heterocycles. The molecule has 26 heavy (non-hydrogen) atoms. The van der Waals surface area contributed by atoms with Gasteiger partial charge in [-0.1, -0.05) is 0 Å². The largest absolute Gasteiger partial charge is 0.464 e. The lowest BCUT2D eigenvalue weighted by Gasteiger charge is -2.19. The molecule has 0 aliphatic carbocycles. The second-order valence-electron chi connectivity index (χ2n) is 5.82. The smallest absolute Gasteiger partial charge is 0.277 e. The van der Waals surface area contributed by atoms with Gasteiger partial charge in [-0.05, 0) is 32.9 Å². The maximum atomic E-state index is 12.8. The van der Waals surface area contributed by atoms with E-state index >= 15 is 0 Å². The predicted molar refractivity (Wildman–Crippen MR) is 95.5 cm³/mol. The topological polar surface area (TPSA) is 107 Å². The third-order valence-corrected chi connectivity index (χ3v) is 5.15. The molecule has 1 unspecified atom stereocenters. The van der Waals surface area contributed by atoms with E-state index < -0.39 is 27.5 Å². The average Bonchev–Trinajstić information content (AvgIpc) is 2.95. The Morgan fingerprint density at radius 3 is 2.46 bits per heavy atom. The summed E-state index contributed by atoms with van der Waals surface area (Å²) >= 11 is 0. The normalized spacial score (nSPS) is 12.8. The Kier molecular flexibility index (Phi) is 5.72. The second kappa shape index (κ2) is 7.46. The number of carbonyl (C=O) groups is 1. The number of sulfone groups is 1. The first-order chi connectivity index (χ1) is 12.1. The third kappa shape index (κ3) is 3.73. The summed E-state index contributed by atoms with van der Waals surface area (Å²) in [5.41, 5.74) is 0.0603. The molecule has 1 N–H and O–H groups in total. The summed E-state index contributed by atoms with van der Waals surface area (Å²) in [7, 11) is -2.17. The molecule has 1 aromatic carbocycles. The molecule has 142 valence electrons. The summed E-state index contributed by atoms with van der Waals surface area (Å²) < 4.78 is 36.1. The van der Waals surface area contributed by atoms with E-state index in [1.54, 1.807) is 20.8 Å². The number of benzene rings is 1. The summed E-state index contributed by atoms with van der Waals surface area (Å²) in [6, 6.07) is 2.69. The van der Waals surface area contributed by atoms with Gasteiger partial charge in [-0.25, -0.2) is 8.42 Å². The SMILES string of the molecule is CCn1[nH]cc(C(=O)c2ccc(S(C)(=O)=O)c(OC(C)OC)c2C)c1=O. The van der Waals surface area contributed by atoms with Gasteiger partial charge in [0.1, 0.15) is 16.2 Å². The fourth-order valence-corrected chi connectivity index (χ4v) is 3.37. The van der Waals surface area contributed by atoms with Crippen molar-refractivity contribution in [2.45, 2.75) is 38.5 Å². The number of ether oxygens (including phenoxy) is 2. The van der Waals surface area contributed by atoms with Crippen molar-refractivity contribution in [2.75, 3.05) is 13.4 Å². The molecule has 0 spiro atoms. The van der Waals surface area contributed by atoms with Crippen LogP contribution in [0.15, 0.2) is 28.0 Å². The molecule has 0 amide bonds. The van der Waals surface area contributed by atoms with Gasteiger partial charge in [0.05, 0.1) is 0 Å².